The Hall–Kier alpha value is -1.76. The van der Waals surface area contributed by atoms with Crippen molar-refractivity contribution in [2.45, 2.75) is 6.92 Å². The molecule has 0 radical (unpaired) electrons. The molecule has 0 saturated carbocycles. The zero-order valence-corrected chi connectivity index (χ0v) is 8.07. The van der Waals surface area contributed by atoms with Gasteiger partial charge in [0.1, 0.15) is 0 Å². The Morgan fingerprint density at radius 1 is 0.929 bits per heavy atom. The maximum absolute atomic E-state index is 2.24. The number of aryl methyl sites for hydroxylation is 1. The third-order valence-corrected chi connectivity index (χ3v) is 2.73. The number of hydrogen-bond donors (Lipinski definition) is 0. The highest BCUT2D eigenvalue weighted by Crippen LogP contribution is 2.21. The molecule has 1 nitrogen and oxygen atoms in total. The van der Waals surface area contributed by atoms with Crippen molar-refractivity contribution in [2.24, 2.45) is 0 Å². The second kappa shape index (κ2) is 2.61. The van der Waals surface area contributed by atoms with E-state index >= 15 is 0 Å². The van der Waals surface area contributed by atoms with Gasteiger partial charge in [-0.1, -0.05) is 24.3 Å². The average Bonchev–Trinajstić information content (AvgIpc) is 2.59. The van der Waals surface area contributed by atoms with Gasteiger partial charge >= 0.3 is 0 Å². The Kier molecular flexibility index (Phi) is 1.42. The van der Waals surface area contributed by atoms with Gasteiger partial charge in [0.15, 0.2) is 0 Å². The van der Waals surface area contributed by atoms with Crippen molar-refractivity contribution < 1.29 is 0 Å². The first-order valence-corrected chi connectivity index (χ1v) is 4.82. The lowest BCUT2D eigenvalue weighted by Gasteiger charge is -1.98. The second-order valence-electron chi connectivity index (χ2n) is 3.65. The van der Waals surface area contributed by atoms with E-state index in [9.17, 15) is 0 Å². The number of hydrogen-bond acceptors (Lipinski definition) is 0. The van der Waals surface area contributed by atoms with Gasteiger partial charge in [0.2, 0.25) is 0 Å². The van der Waals surface area contributed by atoms with Crippen LogP contribution in [0.3, 0.4) is 0 Å². The molecule has 1 heteroatoms. The largest absolute Gasteiger partial charge is 0.316 e. The van der Waals surface area contributed by atoms with Crippen molar-refractivity contribution in [1.29, 1.82) is 0 Å². The van der Waals surface area contributed by atoms with Gasteiger partial charge in [-0.3, -0.25) is 0 Å². The van der Waals surface area contributed by atoms with Gasteiger partial charge in [0.25, 0.3) is 0 Å². The predicted molar refractivity (Wildman–Crippen MR) is 59.6 cm³/mol. The Morgan fingerprint density at radius 3 is 2.71 bits per heavy atom. The molecule has 2 aromatic heterocycles. The van der Waals surface area contributed by atoms with Gasteiger partial charge < -0.3 is 4.40 Å². The Balaban J connectivity index is 2.63. The van der Waals surface area contributed by atoms with Crippen LogP contribution in [-0.2, 0) is 0 Å². The van der Waals surface area contributed by atoms with Crippen LogP contribution in [-0.4, -0.2) is 4.40 Å². The molecule has 0 atom stereocenters. The molecule has 2 heterocycles. The first-order valence-electron chi connectivity index (χ1n) is 4.82. The highest BCUT2D eigenvalue weighted by molar-refractivity contribution is 5.88. The molecule has 0 fully saturated rings. The van der Waals surface area contributed by atoms with E-state index in [1.165, 1.54) is 22.0 Å². The molecular formula is C13H11N. The fourth-order valence-corrected chi connectivity index (χ4v) is 2.00. The highest BCUT2D eigenvalue weighted by Gasteiger charge is 2.01. The molecule has 0 spiro atoms. The van der Waals surface area contributed by atoms with Crippen molar-refractivity contribution in [3.63, 3.8) is 0 Å². The van der Waals surface area contributed by atoms with Crippen molar-refractivity contribution in [3.05, 3.63) is 54.2 Å². The van der Waals surface area contributed by atoms with Crippen LogP contribution in [0.2, 0.25) is 0 Å². The van der Waals surface area contributed by atoms with E-state index in [0.717, 1.165) is 0 Å². The molecule has 0 N–H and O–H groups in total. The second-order valence-corrected chi connectivity index (χ2v) is 3.65. The Labute approximate surface area is 82.6 Å². The van der Waals surface area contributed by atoms with Gasteiger partial charge in [-0.05, 0) is 30.7 Å². The van der Waals surface area contributed by atoms with Crippen molar-refractivity contribution >= 4 is 16.4 Å². The summed E-state index contributed by atoms with van der Waals surface area (Å²) >= 11 is 0. The molecular weight excluding hydrogens is 170 g/mol. The van der Waals surface area contributed by atoms with E-state index in [0.29, 0.717) is 0 Å². The molecule has 68 valence electrons. The summed E-state index contributed by atoms with van der Waals surface area (Å²) in [5, 5.41) is 1.31. The van der Waals surface area contributed by atoms with Crippen molar-refractivity contribution in [1.82, 2.24) is 4.40 Å². The smallest absolute Gasteiger partial charge is 0.0528 e. The van der Waals surface area contributed by atoms with Gasteiger partial charge in [-0.15, -0.1) is 0 Å². The Bertz CT molecular complexity index is 605. The molecule has 0 aliphatic carbocycles. The fourth-order valence-electron chi connectivity index (χ4n) is 2.00. The van der Waals surface area contributed by atoms with Crippen LogP contribution >= 0.6 is 0 Å². The van der Waals surface area contributed by atoms with Crippen LogP contribution in [0.25, 0.3) is 16.4 Å². The number of aromatic nitrogens is 1. The highest BCUT2D eigenvalue weighted by atomic mass is 14.9. The molecule has 1 aromatic carbocycles. The lowest BCUT2D eigenvalue weighted by molar-refractivity contribution is 1.23. The third-order valence-electron chi connectivity index (χ3n) is 2.73. The molecule has 14 heavy (non-hydrogen) atoms. The molecule has 0 bridgehead atoms. The van der Waals surface area contributed by atoms with Crippen LogP contribution in [0.5, 0.6) is 0 Å². The summed E-state index contributed by atoms with van der Waals surface area (Å²) in [5.74, 6) is 0. The number of para-hydroxylation sites is 1. The summed E-state index contributed by atoms with van der Waals surface area (Å²) in [5.41, 5.74) is 3.91. The molecule has 0 amide bonds. The maximum Gasteiger partial charge on any atom is 0.0528 e. The monoisotopic (exact) mass is 181 g/mol. The quantitative estimate of drug-likeness (QED) is 0.500. The molecule has 0 saturated heterocycles. The minimum absolute atomic E-state index is 1.28. The Morgan fingerprint density at radius 2 is 1.79 bits per heavy atom. The number of rotatable bonds is 0. The first kappa shape index (κ1) is 7.63. The molecule has 0 aliphatic heterocycles. The summed E-state index contributed by atoms with van der Waals surface area (Å²) in [6, 6.07) is 14.9. The first-order chi connectivity index (χ1) is 6.86. The average molecular weight is 181 g/mol. The molecule has 3 aromatic rings. The summed E-state index contributed by atoms with van der Waals surface area (Å²) in [4.78, 5) is 0. The number of nitrogens with zero attached hydrogens (tertiary/aromatic N) is 1. The fraction of sp³-hybridized carbons (Fsp3) is 0.0769. The van der Waals surface area contributed by atoms with Gasteiger partial charge in [-0.25, -0.2) is 0 Å². The summed E-state index contributed by atoms with van der Waals surface area (Å²) in [6.07, 6.45) is 2.12. The normalized spacial score (nSPS) is 11.2. The minimum atomic E-state index is 1.28. The third kappa shape index (κ3) is 0.896. The lowest BCUT2D eigenvalue weighted by atomic mass is 10.2. The zero-order valence-electron chi connectivity index (χ0n) is 8.07. The SMILES string of the molecule is Cc1cccn2c1cc1ccccc12. The summed E-state index contributed by atoms with van der Waals surface area (Å²) < 4.78 is 2.24. The zero-order chi connectivity index (χ0) is 9.54. The number of benzene rings is 1. The van der Waals surface area contributed by atoms with Gasteiger partial charge in [-0.2, -0.15) is 0 Å². The van der Waals surface area contributed by atoms with Crippen LogP contribution in [0.15, 0.2) is 48.7 Å². The van der Waals surface area contributed by atoms with Crippen LogP contribution in [0, 0.1) is 6.92 Å². The maximum atomic E-state index is 2.24. The van der Waals surface area contributed by atoms with E-state index < -0.39 is 0 Å². The van der Waals surface area contributed by atoms with E-state index in [1.807, 2.05) is 0 Å². The summed E-state index contributed by atoms with van der Waals surface area (Å²) in [6.45, 7) is 2.15. The number of fused-ring (bicyclic) bond motifs is 3. The van der Waals surface area contributed by atoms with Crippen LogP contribution < -0.4 is 0 Å². The molecule has 3 rings (SSSR count). The lowest BCUT2D eigenvalue weighted by Crippen LogP contribution is -1.84. The van der Waals surface area contributed by atoms with Gasteiger partial charge in [0, 0.05) is 17.1 Å². The standard InChI is InChI=1S/C13H11N/c1-10-5-4-8-14-12-7-3-2-6-11(12)9-13(10)14/h2-9H,1H3. The van der Waals surface area contributed by atoms with Crippen molar-refractivity contribution in [3.8, 4) is 0 Å². The van der Waals surface area contributed by atoms with Gasteiger partial charge in [0.05, 0.1) is 5.52 Å². The van der Waals surface area contributed by atoms with E-state index in [-0.39, 0.29) is 0 Å². The summed E-state index contributed by atoms with van der Waals surface area (Å²) in [7, 11) is 0. The topological polar surface area (TPSA) is 4.41 Å². The van der Waals surface area contributed by atoms with Crippen LogP contribution in [0.4, 0.5) is 0 Å². The van der Waals surface area contributed by atoms with Crippen LogP contribution in [0.1, 0.15) is 5.56 Å². The van der Waals surface area contributed by atoms with E-state index in [1.54, 1.807) is 0 Å². The predicted octanol–water partition coefficient (Wildman–Crippen LogP) is 3.40. The minimum Gasteiger partial charge on any atom is -0.316 e. The van der Waals surface area contributed by atoms with E-state index in [2.05, 4.69) is 60.0 Å². The van der Waals surface area contributed by atoms with Crippen molar-refractivity contribution in [2.75, 3.05) is 0 Å². The van der Waals surface area contributed by atoms with E-state index in [4.69, 9.17) is 0 Å². The molecule has 0 unspecified atom stereocenters. The number of pyridine rings is 1. The molecule has 0 aliphatic rings.